The van der Waals surface area contributed by atoms with Gasteiger partial charge in [-0.15, -0.1) is 0 Å². The summed E-state index contributed by atoms with van der Waals surface area (Å²) in [4.78, 5) is 160. The van der Waals surface area contributed by atoms with Gasteiger partial charge in [0.15, 0.2) is 9.84 Å². The van der Waals surface area contributed by atoms with E-state index in [0.29, 0.717) is 94.7 Å². The molecule has 43 heteroatoms. The third-order valence-corrected chi connectivity index (χ3v) is 30.9. The van der Waals surface area contributed by atoms with Crippen LogP contribution in [0.25, 0.3) is 43.9 Å². The zero-order valence-corrected chi connectivity index (χ0v) is 77.0. The predicted octanol–water partition coefficient (Wildman–Crippen LogP) is 6.14. The van der Waals surface area contributed by atoms with E-state index >= 15 is 0 Å². The van der Waals surface area contributed by atoms with Crippen molar-refractivity contribution in [3.63, 3.8) is 0 Å². The maximum Gasteiger partial charge on any atom is 0.254 e. The lowest BCUT2D eigenvalue weighted by Crippen LogP contribution is -2.46. The second-order valence-corrected chi connectivity index (χ2v) is 41.4. The number of sulfonamides is 3. The number of nitrogens with one attached hydrogen (secondary N) is 5. The summed E-state index contributed by atoms with van der Waals surface area (Å²) >= 11 is 0. The molecule has 0 radical (unpaired) electrons. The topological polar surface area (TPSA) is 556 Å². The molecule has 12 heterocycles. The number of fused-ring (bicyclic) bond motifs is 8. The molecule has 20 rings (SSSR count). The second kappa shape index (κ2) is 34.3. The molecule has 4 fully saturated rings. The Morgan fingerprint density at radius 1 is 0.353 bits per heavy atom. The standard InChI is InChI=1S/C25H24N2O7S.2C23H21N3O7S.C22H19N3O7S/c1-4-35(31,32)20-10-19-16(7-14(20)2)8-21(34-19)25(11-22(28)26-24(25)30)13-27-12-15-5-6-17(33-3)9-18(15)23(27)29;1-12-5-14-6-19(33-17(14)8-18(12)34(24,30)31)23(9-20(27)25-22(23)29)11-26-10-13-3-4-15(32-2)7-16(13)21(26)28;1-24-34(30,31)16-5-6-18-14(7-16)8-19(33-18)23(10-20(27)25-22(23)29)12-26-11-13-3-4-15(32-2)9-17(13)21(26)28;1-31-14-3-2-12-10-25(20(27)16(12)8-14)11-22(9-19(26)24-21(22)28)18-7-13-6-15(33(23,29)30)4-5-17(13)32-18/h5-10H,4,11-13H2,1-3H3,(H,26,28,30);3-8H,9-11H2,1-2H3,(H2,24,30,31)(H,25,27,29);3-9,24H,10-12H2,1-2H3,(H,25,27,29);2-8H,9-11H2,1H3,(H2,23,29,30)(H,24,26,28)/t25-;2*23-;22-/m1111/s1. The Hall–Kier alpha value is -14.8. The molecule has 4 saturated heterocycles. The molecular formula is C93H85N11O28S4. The summed E-state index contributed by atoms with van der Waals surface area (Å²) in [5, 5.41) is 21.8. The summed E-state index contributed by atoms with van der Waals surface area (Å²) in [5.74, 6) is -2.50. The number of hydrogen-bond donors (Lipinski definition) is 7. The van der Waals surface area contributed by atoms with Crippen LogP contribution in [-0.4, -0.2) is 192 Å². The molecule has 39 nitrogen and oxygen atoms in total. The number of rotatable bonds is 22. The first-order valence-electron chi connectivity index (χ1n) is 42.0. The van der Waals surface area contributed by atoms with E-state index < -0.39 is 109 Å². The summed E-state index contributed by atoms with van der Waals surface area (Å²) in [6.07, 6.45) is -0.807. The number of carbonyl (C=O) groups is 12. The number of primary sulfonamides is 2. The van der Waals surface area contributed by atoms with E-state index in [1.165, 1.54) is 110 Å². The van der Waals surface area contributed by atoms with Gasteiger partial charge in [-0.2, -0.15) is 0 Å². The number of benzene rings is 8. The van der Waals surface area contributed by atoms with Crippen LogP contribution in [0, 0.1) is 13.8 Å². The van der Waals surface area contributed by atoms with E-state index in [4.69, 9.17) is 46.9 Å². The van der Waals surface area contributed by atoms with Crippen molar-refractivity contribution in [2.75, 3.05) is 67.4 Å². The molecule has 704 valence electrons. The minimum Gasteiger partial charge on any atom is -0.497 e. The third kappa shape index (κ3) is 16.6. The highest BCUT2D eigenvalue weighted by Crippen LogP contribution is 2.47. The quantitative estimate of drug-likeness (QED) is 0.0374. The molecule has 4 aromatic heterocycles. The van der Waals surface area contributed by atoms with Gasteiger partial charge in [-0.3, -0.25) is 78.8 Å². The summed E-state index contributed by atoms with van der Waals surface area (Å²) in [6, 6.07) is 41.5. The van der Waals surface area contributed by atoms with Crippen LogP contribution in [-0.2, 0) is 126 Å². The fourth-order valence-electron chi connectivity index (χ4n) is 18.5. The monoisotopic (exact) mass is 1930 g/mol. The van der Waals surface area contributed by atoms with Crippen LogP contribution in [0.5, 0.6) is 23.0 Å². The number of carbonyl (C=O) groups excluding carboxylic acids is 12. The van der Waals surface area contributed by atoms with Crippen molar-refractivity contribution < 1.29 is 128 Å². The first-order valence-corrected chi connectivity index (χ1v) is 48.2. The molecule has 0 spiro atoms. The molecule has 8 aromatic carbocycles. The lowest BCUT2D eigenvalue weighted by Gasteiger charge is -2.28. The number of amides is 12. The number of methoxy groups -OCH3 is 4. The number of imide groups is 4. The molecule has 9 N–H and O–H groups in total. The Labute approximate surface area is 774 Å². The van der Waals surface area contributed by atoms with Crippen LogP contribution in [0.3, 0.4) is 0 Å². The lowest BCUT2D eigenvalue weighted by molar-refractivity contribution is -0.128. The van der Waals surface area contributed by atoms with E-state index in [-0.39, 0.29) is 156 Å². The normalized spacial score (nSPS) is 20.2. The van der Waals surface area contributed by atoms with Gasteiger partial charge < -0.3 is 56.2 Å². The van der Waals surface area contributed by atoms with Crippen molar-refractivity contribution in [1.29, 1.82) is 0 Å². The van der Waals surface area contributed by atoms with E-state index in [0.717, 1.165) is 22.3 Å². The summed E-state index contributed by atoms with van der Waals surface area (Å²) in [5.41, 5.74) is 1.41. The third-order valence-electron chi connectivity index (χ3n) is 25.6. The second-order valence-electron chi connectivity index (χ2n) is 34.1. The molecule has 0 saturated carbocycles. The number of aryl methyl sites for hydroxylation is 2. The Morgan fingerprint density at radius 2 is 0.632 bits per heavy atom. The van der Waals surface area contributed by atoms with Gasteiger partial charge in [0.1, 0.15) is 90.0 Å². The molecule has 12 amide bonds. The smallest absolute Gasteiger partial charge is 0.254 e. The number of nitrogens with zero attached hydrogens (tertiary/aromatic N) is 4. The minimum absolute atomic E-state index is 0.0370. The largest absolute Gasteiger partial charge is 0.497 e. The predicted molar refractivity (Wildman–Crippen MR) is 480 cm³/mol. The molecule has 12 aromatic rings. The van der Waals surface area contributed by atoms with Gasteiger partial charge >= 0.3 is 0 Å². The number of ether oxygens (including phenoxy) is 4. The van der Waals surface area contributed by atoms with Crippen molar-refractivity contribution in [2.24, 2.45) is 10.3 Å². The SMILES string of the molecule is CCS(=O)(=O)c1cc2oc([C@]3(CN4Cc5ccc(OC)cc5C4=O)CC(=O)NC3=O)cc2cc1C.CNS(=O)(=O)c1ccc2oc([C@]3(CN4Cc5ccc(OC)cc5C4=O)CC(=O)NC3=O)cc2c1.COc1ccc2c(c1)C(=O)N(C[C@@]1(c3cc4cc(C)c(S(N)(=O)=O)cc4o3)CC(=O)NC1=O)C2.COc1ccc2c(c1)C(=O)N(C[C@@]1(c3cc4cc(S(N)(=O)=O)ccc4o3)CC(=O)NC1=O)C2. The van der Waals surface area contributed by atoms with Crippen LogP contribution in [0.2, 0.25) is 0 Å². The fraction of sp³-hybridized carbons (Fsp3) is 0.269. The van der Waals surface area contributed by atoms with E-state index in [9.17, 15) is 91.2 Å². The minimum atomic E-state index is -3.99. The molecule has 4 atom stereocenters. The number of sulfone groups is 1. The number of nitrogens with two attached hydrogens (primary N) is 2. The van der Waals surface area contributed by atoms with E-state index in [2.05, 4.69) is 26.0 Å². The van der Waals surface area contributed by atoms with Crippen LogP contribution < -0.4 is 55.2 Å². The van der Waals surface area contributed by atoms with Gasteiger partial charge in [-0.1, -0.05) is 31.2 Å². The van der Waals surface area contributed by atoms with Gasteiger partial charge in [0, 0.05) is 108 Å². The van der Waals surface area contributed by atoms with Crippen LogP contribution >= 0.6 is 0 Å². The number of furan rings is 4. The first kappa shape index (κ1) is 93.1. The molecule has 136 heavy (non-hydrogen) atoms. The van der Waals surface area contributed by atoms with Crippen molar-refractivity contribution in [1.82, 2.24) is 45.6 Å². The first-order chi connectivity index (χ1) is 64.4. The molecule has 8 aliphatic rings. The van der Waals surface area contributed by atoms with Crippen molar-refractivity contribution >= 4 is 155 Å². The Balaban J connectivity index is 0.000000126. The zero-order chi connectivity index (χ0) is 97.3. The zero-order valence-electron chi connectivity index (χ0n) is 73.7. The van der Waals surface area contributed by atoms with Gasteiger partial charge in [0.05, 0.1) is 79.5 Å². The van der Waals surface area contributed by atoms with Crippen LogP contribution in [0.15, 0.2) is 195 Å². The van der Waals surface area contributed by atoms with Crippen molar-refractivity contribution in [2.45, 2.75) is 114 Å². The number of hydrogen-bond acceptors (Lipinski definition) is 28. The van der Waals surface area contributed by atoms with Crippen LogP contribution in [0.4, 0.5) is 0 Å². The van der Waals surface area contributed by atoms with Crippen LogP contribution in [0.1, 0.15) is 130 Å². The molecule has 0 aliphatic carbocycles. The summed E-state index contributed by atoms with van der Waals surface area (Å²) in [7, 11) is -7.75. The Kier molecular flexibility index (Phi) is 23.5. The molecular weight excluding hydrogens is 1850 g/mol. The average molecular weight is 1930 g/mol. The summed E-state index contributed by atoms with van der Waals surface area (Å²) < 4.78 is 144. The van der Waals surface area contributed by atoms with Gasteiger partial charge in [0.25, 0.3) is 23.6 Å². The van der Waals surface area contributed by atoms with E-state index in [1.807, 2.05) is 0 Å². The maximum atomic E-state index is 13.2. The molecule has 0 unspecified atom stereocenters. The Bertz CT molecular complexity index is 7770. The average Bonchev–Trinajstić information content (AvgIpc) is 1.59. The lowest BCUT2D eigenvalue weighted by atomic mass is 9.82. The van der Waals surface area contributed by atoms with Gasteiger partial charge in [-0.05, 0) is 176 Å². The molecule has 8 aliphatic heterocycles. The van der Waals surface area contributed by atoms with Crippen molar-refractivity contribution in [3.05, 3.63) is 236 Å². The van der Waals surface area contributed by atoms with Crippen molar-refractivity contribution in [3.8, 4) is 23.0 Å². The molecule has 0 bridgehead atoms. The highest BCUT2D eigenvalue weighted by molar-refractivity contribution is 7.91. The highest BCUT2D eigenvalue weighted by atomic mass is 32.2. The van der Waals surface area contributed by atoms with E-state index in [1.54, 1.807) is 124 Å². The summed E-state index contributed by atoms with van der Waals surface area (Å²) in [6.45, 7) is 5.59. The van der Waals surface area contributed by atoms with Gasteiger partial charge in [-0.25, -0.2) is 48.7 Å². The fourth-order valence-corrected chi connectivity index (χ4v) is 21.7. The maximum absolute atomic E-state index is 13.2. The highest BCUT2D eigenvalue weighted by Gasteiger charge is 2.58. The Morgan fingerprint density at radius 3 is 0.904 bits per heavy atom. The van der Waals surface area contributed by atoms with Gasteiger partial charge in [0.2, 0.25) is 77.3 Å².